The van der Waals surface area contributed by atoms with Crippen LogP contribution in [0.4, 0.5) is 11.4 Å². The fourth-order valence-electron chi connectivity index (χ4n) is 2.50. The number of hydrogen-bond donors (Lipinski definition) is 2. The van der Waals surface area contributed by atoms with Crippen LogP contribution in [-0.2, 0) is 4.79 Å². The van der Waals surface area contributed by atoms with Gasteiger partial charge >= 0.3 is 0 Å². The Labute approximate surface area is 160 Å². The van der Waals surface area contributed by atoms with Crippen LogP contribution in [0.5, 0.6) is 11.5 Å². The summed E-state index contributed by atoms with van der Waals surface area (Å²) in [5.74, 6) is -0.422. The van der Waals surface area contributed by atoms with Crippen LogP contribution >= 0.6 is 0 Å². The van der Waals surface area contributed by atoms with Crippen molar-refractivity contribution in [2.24, 2.45) is 0 Å². The van der Waals surface area contributed by atoms with E-state index in [1.807, 2.05) is 0 Å². The highest BCUT2D eigenvalue weighted by atomic mass is 16.6. The number of nitro groups is 1. The van der Waals surface area contributed by atoms with Gasteiger partial charge in [-0.15, -0.1) is 0 Å². The van der Waals surface area contributed by atoms with E-state index in [1.54, 1.807) is 24.3 Å². The van der Waals surface area contributed by atoms with Gasteiger partial charge in [0.2, 0.25) is 0 Å². The van der Waals surface area contributed by atoms with Crippen molar-refractivity contribution in [2.75, 3.05) is 19.0 Å². The van der Waals surface area contributed by atoms with E-state index >= 15 is 0 Å². The van der Waals surface area contributed by atoms with Gasteiger partial charge < -0.3 is 20.1 Å². The first-order chi connectivity index (χ1) is 13.5. The molecular weight excluding hydrogens is 366 g/mol. The first-order valence-electron chi connectivity index (χ1n) is 8.63. The van der Waals surface area contributed by atoms with Crippen molar-refractivity contribution in [2.45, 2.75) is 18.9 Å². The van der Waals surface area contributed by atoms with Crippen molar-refractivity contribution in [3.05, 3.63) is 58.1 Å². The number of anilines is 1. The third-order valence-electron chi connectivity index (χ3n) is 4.08. The van der Waals surface area contributed by atoms with Crippen LogP contribution in [0, 0.1) is 10.1 Å². The number of para-hydroxylation sites is 1. The third-order valence-corrected chi connectivity index (χ3v) is 4.08. The zero-order chi connectivity index (χ0) is 20.1. The molecule has 0 aromatic heterocycles. The Morgan fingerprint density at radius 2 is 1.93 bits per heavy atom. The highest BCUT2D eigenvalue weighted by Crippen LogP contribution is 2.31. The smallest absolute Gasteiger partial charge is 0.273 e. The molecule has 146 valence electrons. The minimum atomic E-state index is -0.568. The Bertz CT molecular complexity index is 910. The molecule has 9 nitrogen and oxygen atoms in total. The monoisotopic (exact) mass is 385 g/mol. The molecule has 0 radical (unpaired) electrons. The summed E-state index contributed by atoms with van der Waals surface area (Å²) < 4.78 is 10.5. The van der Waals surface area contributed by atoms with E-state index in [0.29, 0.717) is 11.3 Å². The van der Waals surface area contributed by atoms with E-state index in [-0.39, 0.29) is 29.1 Å². The summed E-state index contributed by atoms with van der Waals surface area (Å²) in [5, 5.41) is 16.4. The van der Waals surface area contributed by atoms with E-state index in [9.17, 15) is 19.7 Å². The van der Waals surface area contributed by atoms with Gasteiger partial charge in [0.25, 0.3) is 17.5 Å². The lowest BCUT2D eigenvalue weighted by Crippen LogP contribution is -2.28. The fourth-order valence-corrected chi connectivity index (χ4v) is 2.50. The quantitative estimate of drug-likeness (QED) is 0.532. The number of hydrogen-bond acceptors (Lipinski definition) is 6. The number of carbonyl (C=O) groups is 2. The predicted molar refractivity (Wildman–Crippen MR) is 101 cm³/mol. The highest BCUT2D eigenvalue weighted by Gasteiger charge is 2.25. The van der Waals surface area contributed by atoms with Gasteiger partial charge in [0.15, 0.2) is 18.1 Å². The number of ether oxygens (including phenoxy) is 2. The van der Waals surface area contributed by atoms with Crippen LogP contribution in [0.2, 0.25) is 0 Å². The summed E-state index contributed by atoms with van der Waals surface area (Å²) in [7, 11) is 1.39. The van der Waals surface area contributed by atoms with Crippen LogP contribution in [0.25, 0.3) is 0 Å². The summed E-state index contributed by atoms with van der Waals surface area (Å²) in [6.07, 6.45) is 1.91. The SMILES string of the molecule is COc1ccc([N+](=O)[O-])cc1OCC(=O)Nc1ccccc1C(=O)NC1CC1. The normalized spacial score (nSPS) is 12.8. The number of rotatable bonds is 8. The molecule has 0 bridgehead atoms. The number of benzene rings is 2. The molecule has 2 N–H and O–H groups in total. The Hall–Kier alpha value is -3.62. The minimum Gasteiger partial charge on any atom is -0.493 e. The molecule has 1 fully saturated rings. The Morgan fingerprint density at radius 3 is 2.61 bits per heavy atom. The zero-order valence-corrected chi connectivity index (χ0v) is 15.1. The number of carbonyl (C=O) groups excluding carboxylic acids is 2. The highest BCUT2D eigenvalue weighted by molar-refractivity contribution is 6.04. The van der Waals surface area contributed by atoms with Crippen LogP contribution < -0.4 is 20.1 Å². The summed E-state index contributed by atoms with van der Waals surface area (Å²) in [5.41, 5.74) is 0.536. The Kier molecular flexibility index (Phi) is 5.73. The zero-order valence-electron chi connectivity index (χ0n) is 15.1. The Morgan fingerprint density at radius 1 is 1.18 bits per heavy atom. The number of nitrogens with one attached hydrogen (secondary N) is 2. The van der Waals surface area contributed by atoms with Crippen LogP contribution in [0.3, 0.4) is 0 Å². The molecule has 0 spiro atoms. The molecule has 0 saturated heterocycles. The van der Waals surface area contributed by atoms with Crippen molar-refractivity contribution in [3.8, 4) is 11.5 Å². The van der Waals surface area contributed by atoms with E-state index in [4.69, 9.17) is 9.47 Å². The fraction of sp³-hybridized carbons (Fsp3) is 0.263. The van der Waals surface area contributed by atoms with E-state index < -0.39 is 17.4 Å². The van der Waals surface area contributed by atoms with E-state index in [1.165, 1.54) is 25.3 Å². The number of amides is 2. The maximum Gasteiger partial charge on any atom is 0.273 e. The van der Waals surface area contributed by atoms with Gasteiger partial charge in [-0.25, -0.2) is 0 Å². The molecule has 0 atom stereocenters. The number of methoxy groups -OCH3 is 1. The van der Waals surface area contributed by atoms with E-state index in [0.717, 1.165) is 12.8 Å². The summed E-state index contributed by atoms with van der Waals surface area (Å²) in [6, 6.07) is 10.7. The van der Waals surface area contributed by atoms with Gasteiger partial charge in [0, 0.05) is 12.1 Å². The van der Waals surface area contributed by atoms with E-state index in [2.05, 4.69) is 10.6 Å². The molecule has 9 heteroatoms. The first-order valence-corrected chi connectivity index (χ1v) is 8.63. The van der Waals surface area contributed by atoms with Gasteiger partial charge in [-0.3, -0.25) is 19.7 Å². The molecular formula is C19H19N3O6. The average molecular weight is 385 g/mol. The lowest BCUT2D eigenvalue weighted by molar-refractivity contribution is -0.385. The van der Waals surface area contributed by atoms with Crippen molar-refractivity contribution in [3.63, 3.8) is 0 Å². The number of non-ortho nitro benzene ring substituents is 1. The molecule has 2 aromatic rings. The van der Waals surface area contributed by atoms with Crippen molar-refractivity contribution in [1.82, 2.24) is 5.32 Å². The third kappa shape index (κ3) is 4.76. The molecule has 0 aliphatic heterocycles. The van der Waals surface area contributed by atoms with Crippen LogP contribution in [-0.4, -0.2) is 36.5 Å². The average Bonchev–Trinajstić information content (AvgIpc) is 3.50. The maximum atomic E-state index is 12.3. The molecule has 0 heterocycles. The second-order valence-electron chi connectivity index (χ2n) is 6.22. The van der Waals surface area contributed by atoms with Gasteiger partial charge in [0.1, 0.15) is 0 Å². The van der Waals surface area contributed by atoms with Gasteiger partial charge in [-0.05, 0) is 31.0 Å². The summed E-state index contributed by atoms with van der Waals surface area (Å²) >= 11 is 0. The Balaban J connectivity index is 1.66. The van der Waals surface area contributed by atoms with Crippen molar-refractivity contribution < 1.29 is 24.0 Å². The molecule has 1 saturated carbocycles. The number of nitrogens with zero attached hydrogens (tertiary/aromatic N) is 1. The lowest BCUT2D eigenvalue weighted by Gasteiger charge is -2.13. The second-order valence-corrected chi connectivity index (χ2v) is 6.22. The molecule has 28 heavy (non-hydrogen) atoms. The molecule has 3 rings (SSSR count). The van der Waals surface area contributed by atoms with Gasteiger partial charge in [0.05, 0.1) is 29.4 Å². The second kappa shape index (κ2) is 8.38. The standard InChI is InChI=1S/C19H19N3O6/c1-27-16-9-8-13(22(25)26)10-17(16)28-11-18(23)21-15-5-3-2-4-14(15)19(24)20-12-6-7-12/h2-5,8-10,12H,6-7,11H2,1H3,(H,20,24)(H,21,23). The molecule has 0 unspecified atom stereocenters. The van der Waals surface area contributed by atoms with Crippen LogP contribution in [0.15, 0.2) is 42.5 Å². The molecule has 2 aromatic carbocycles. The van der Waals surface area contributed by atoms with Gasteiger partial charge in [-0.2, -0.15) is 0 Å². The topological polar surface area (TPSA) is 120 Å². The van der Waals surface area contributed by atoms with Crippen molar-refractivity contribution >= 4 is 23.2 Å². The predicted octanol–water partition coefficient (Wildman–Crippen LogP) is 2.51. The van der Waals surface area contributed by atoms with Crippen molar-refractivity contribution in [1.29, 1.82) is 0 Å². The van der Waals surface area contributed by atoms with Crippen LogP contribution in [0.1, 0.15) is 23.2 Å². The molecule has 1 aliphatic carbocycles. The minimum absolute atomic E-state index is 0.0756. The summed E-state index contributed by atoms with van der Waals surface area (Å²) in [4.78, 5) is 34.9. The molecule has 1 aliphatic rings. The number of nitro benzene ring substituents is 1. The first kappa shape index (κ1) is 19.2. The molecule has 2 amide bonds. The summed E-state index contributed by atoms with van der Waals surface area (Å²) in [6.45, 7) is -0.407. The van der Waals surface area contributed by atoms with Gasteiger partial charge in [-0.1, -0.05) is 12.1 Å². The maximum absolute atomic E-state index is 12.3. The lowest BCUT2D eigenvalue weighted by atomic mass is 10.1. The largest absolute Gasteiger partial charge is 0.493 e.